The second-order valence-corrected chi connectivity index (χ2v) is 24.1. The first-order chi connectivity index (χ1) is 33.4. The van der Waals surface area contributed by atoms with Crippen LogP contribution < -0.4 is 16.0 Å². The Bertz CT molecular complexity index is 2070. The van der Waals surface area contributed by atoms with E-state index in [0.717, 1.165) is 10.6 Å². The van der Waals surface area contributed by atoms with Gasteiger partial charge in [-0.1, -0.05) is 106 Å². The Balaban J connectivity index is 1.86. The van der Waals surface area contributed by atoms with E-state index in [9.17, 15) is 40.1 Å². The molecule has 1 saturated heterocycles. The van der Waals surface area contributed by atoms with Crippen molar-refractivity contribution in [3.05, 3.63) is 60.3 Å². The topological polar surface area (TPSA) is 259 Å². The van der Waals surface area contributed by atoms with Crippen LogP contribution in [0.25, 0.3) is 0 Å². The predicted octanol–water partition coefficient (Wildman–Crippen LogP) is 5.36. The average Bonchev–Trinajstić information content (AvgIpc) is 3.33. The predicted molar refractivity (Wildman–Crippen MR) is 280 cm³/mol. The molecule has 0 radical (unpaired) electrons. The van der Waals surface area contributed by atoms with Crippen LogP contribution in [0.15, 0.2) is 59.8 Å². The van der Waals surface area contributed by atoms with Crippen LogP contribution in [-0.4, -0.2) is 147 Å². The van der Waals surface area contributed by atoms with Crippen LogP contribution in [0.3, 0.4) is 0 Å². The van der Waals surface area contributed by atoms with E-state index >= 15 is 4.79 Å². The number of carbonyl (C=O) groups excluding carboxylic acids is 4. The normalized spacial score (nSPS) is 21.9. The minimum Gasteiger partial charge on any atom is -0.465 e. The van der Waals surface area contributed by atoms with Gasteiger partial charge in [0.15, 0.2) is 6.29 Å². The second kappa shape index (κ2) is 28.9. The Kier molecular flexibility index (Phi) is 25.2. The van der Waals surface area contributed by atoms with Crippen LogP contribution in [-0.2, 0) is 38.1 Å². The van der Waals surface area contributed by atoms with Crippen LogP contribution in [0, 0.1) is 33.0 Å². The lowest BCUT2D eigenvalue weighted by molar-refractivity contribution is -0.272. The molecule has 0 saturated carbocycles. The first-order valence-electron chi connectivity index (χ1n) is 23.8. The van der Waals surface area contributed by atoms with Gasteiger partial charge in [-0.3, -0.25) is 19.2 Å². The van der Waals surface area contributed by atoms with Gasteiger partial charge in [0.05, 0.1) is 58.4 Å². The van der Waals surface area contributed by atoms with Gasteiger partial charge in [-0.15, -0.1) is 0 Å². The summed E-state index contributed by atoms with van der Waals surface area (Å²) in [6.07, 6.45) is -3.52. The molecule has 0 bridgehead atoms. The fourth-order valence-electron chi connectivity index (χ4n) is 8.56. The van der Waals surface area contributed by atoms with Crippen molar-refractivity contribution in [2.45, 2.75) is 141 Å². The zero-order valence-corrected chi connectivity index (χ0v) is 45.7. The van der Waals surface area contributed by atoms with Crippen molar-refractivity contribution in [3.8, 4) is 6.07 Å². The molecule has 10 atom stereocenters. The number of benzene rings is 1. The highest BCUT2D eigenvalue weighted by atomic mass is 33.1. The van der Waals surface area contributed by atoms with Gasteiger partial charge >= 0.3 is 5.97 Å². The lowest BCUT2D eigenvalue weighted by atomic mass is 9.51. The van der Waals surface area contributed by atoms with Crippen LogP contribution in [0.2, 0.25) is 0 Å². The molecule has 7 N–H and O–H groups in total. The summed E-state index contributed by atoms with van der Waals surface area (Å²) in [5, 5.41) is 61.0. The number of nitrogens with zero attached hydrogens (tertiary/aromatic N) is 2. The minimum absolute atomic E-state index is 0.00598. The van der Waals surface area contributed by atoms with E-state index in [-0.39, 0.29) is 77.0 Å². The van der Waals surface area contributed by atoms with Crippen molar-refractivity contribution in [2.75, 3.05) is 51.9 Å². The standard InChI is InChI=1S/C50H75N5O12S4/c1-10-47(6,48(7,32-51)20-19-38(59)65-26-27-69-71-37-18-14-15-21-52-37)31-49(8,46(4,5)30-50(9,45(63)54-28-33(2)57)70-43(68)35-16-12-11-13-17-35)44(62)53-22-23-64-24-25-66-42-39(55-34(3)58)41(61)40(60)36(29-56)67-42/h11-18,21,33,36,39-42,56-57,60-61H,10,19-20,22-31H2,1-9H3,(H,53,62)(H,54,63)(H,55,58). The average molecular weight is 1070 g/mol. The zero-order valence-electron chi connectivity index (χ0n) is 42.4. The molecule has 10 unspecified atom stereocenters. The third-order valence-electron chi connectivity index (χ3n) is 13.6. The number of nitrogens with one attached hydrogen (secondary N) is 3. The Morgan fingerprint density at radius 3 is 2.24 bits per heavy atom. The molecule has 1 fully saturated rings. The zero-order chi connectivity index (χ0) is 53.0. The smallest absolute Gasteiger partial charge is 0.305 e. The summed E-state index contributed by atoms with van der Waals surface area (Å²) in [4.78, 5) is 58.7. The number of nitriles is 1. The molecule has 1 aromatic heterocycles. The number of aliphatic hydroxyl groups excluding tert-OH is 4. The van der Waals surface area contributed by atoms with Crippen LogP contribution >= 0.6 is 45.6 Å². The summed E-state index contributed by atoms with van der Waals surface area (Å²) in [6.45, 7) is 15.6. The Hall–Kier alpha value is -3.40. The van der Waals surface area contributed by atoms with Crippen molar-refractivity contribution in [1.29, 1.82) is 5.26 Å². The number of pyridine rings is 1. The summed E-state index contributed by atoms with van der Waals surface area (Å²) in [7, 11) is 3.00. The summed E-state index contributed by atoms with van der Waals surface area (Å²) in [5.74, 6) is -1.12. The number of thioether (sulfide) groups is 1. The van der Waals surface area contributed by atoms with E-state index < -0.39 is 81.6 Å². The van der Waals surface area contributed by atoms with E-state index in [1.165, 1.54) is 40.3 Å². The monoisotopic (exact) mass is 1070 g/mol. The largest absolute Gasteiger partial charge is 0.465 e. The highest BCUT2D eigenvalue weighted by Gasteiger charge is 2.57. The van der Waals surface area contributed by atoms with Crippen LogP contribution in [0.1, 0.15) is 100.0 Å². The van der Waals surface area contributed by atoms with Gasteiger partial charge in [-0.25, -0.2) is 4.98 Å². The van der Waals surface area contributed by atoms with Gasteiger partial charge < -0.3 is 55.3 Å². The van der Waals surface area contributed by atoms with Crippen molar-refractivity contribution < 1.29 is 58.6 Å². The lowest BCUT2D eigenvalue weighted by Gasteiger charge is -2.53. The van der Waals surface area contributed by atoms with Crippen molar-refractivity contribution in [3.63, 3.8) is 0 Å². The molecule has 1 aromatic carbocycles. The van der Waals surface area contributed by atoms with Gasteiger partial charge in [-0.2, -0.15) is 5.26 Å². The molecule has 2 aromatic rings. The first-order valence-corrected chi connectivity index (χ1v) is 27.3. The summed E-state index contributed by atoms with van der Waals surface area (Å²) < 4.78 is 22.0. The highest BCUT2D eigenvalue weighted by Crippen LogP contribution is 2.58. The quantitative estimate of drug-likeness (QED) is 0.0225. The number of thiocarbonyl (C=S) groups is 1. The maximum absolute atomic E-state index is 15.1. The number of esters is 1. The van der Waals surface area contributed by atoms with E-state index in [1.54, 1.807) is 20.0 Å². The SMILES string of the molecule is CCC(C)(CC(C)(C(=O)NCCOCCOC1OC(CO)C(O)C(O)C1NC(C)=O)C(C)(C)CC(C)(SC(=S)c1ccccc1)C(=O)NCC(C)O)C(C)(C#N)CCC(=O)OCCSSc1ccccn1. The van der Waals surface area contributed by atoms with Gasteiger partial charge in [0.2, 0.25) is 17.7 Å². The fraction of sp³-hybridized carbons (Fsp3) is 0.660. The highest BCUT2D eigenvalue weighted by molar-refractivity contribution is 8.76. The maximum Gasteiger partial charge on any atom is 0.305 e. The molecule has 1 aliphatic rings. The Labute approximate surface area is 436 Å². The van der Waals surface area contributed by atoms with E-state index in [1.807, 2.05) is 90.1 Å². The van der Waals surface area contributed by atoms with Gasteiger partial charge in [0.1, 0.15) is 36.0 Å². The van der Waals surface area contributed by atoms with E-state index in [2.05, 4.69) is 27.0 Å². The number of aliphatic hydroxyl groups is 4. The molecule has 3 amide bonds. The Morgan fingerprint density at radius 1 is 0.944 bits per heavy atom. The summed E-state index contributed by atoms with van der Waals surface area (Å²) in [5.41, 5.74) is -3.55. The van der Waals surface area contributed by atoms with Gasteiger partial charge in [0.25, 0.3) is 0 Å². The number of hydrogen-bond acceptors (Lipinski definition) is 18. The van der Waals surface area contributed by atoms with E-state index in [0.29, 0.717) is 16.4 Å². The molecule has 1 aliphatic heterocycles. The second-order valence-electron chi connectivity index (χ2n) is 19.4. The number of carbonyl (C=O) groups is 4. The van der Waals surface area contributed by atoms with Crippen molar-refractivity contribution >= 4 is 73.5 Å². The molecular weight excluding hydrogens is 991 g/mol. The minimum atomic E-state index is -1.47. The van der Waals surface area contributed by atoms with Gasteiger partial charge in [-0.05, 0) is 85.8 Å². The third kappa shape index (κ3) is 17.9. The molecule has 0 aliphatic carbocycles. The number of rotatable bonds is 30. The fourth-order valence-corrected chi connectivity index (χ4v) is 12.2. The van der Waals surface area contributed by atoms with E-state index in [4.69, 9.17) is 31.2 Å². The van der Waals surface area contributed by atoms with Crippen LogP contribution in [0.5, 0.6) is 0 Å². The molecule has 0 spiro atoms. The molecule has 71 heavy (non-hydrogen) atoms. The third-order valence-corrected chi connectivity index (χ3v) is 17.5. The molecule has 2 heterocycles. The number of aromatic nitrogens is 1. The Morgan fingerprint density at radius 2 is 1.63 bits per heavy atom. The molecule has 17 nitrogen and oxygen atoms in total. The maximum atomic E-state index is 15.1. The number of hydrogen-bond donors (Lipinski definition) is 7. The molecule has 396 valence electrons. The van der Waals surface area contributed by atoms with Gasteiger partial charge in [0, 0.05) is 38.4 Å². The molecule has 21 heteroatoms. The summed E-state index contributed by atoms with van der Waals surface area (Å²) in [6, 6.07) is 16.4. The summed E-state index contributed by atoms with van der Waals surface area (Å²) >= 11 is 7.13. The first kappa shape index (κ1) is 61.9. The number of ether oxygens (including phenoxy) is 4. The molecular formula is C50H75N5O12S4. The van der Waals surface area contributed by atoms with Crippen molar-refractivity contribution in [1.82, 2.24) is 20.9 Å². The molecule has 3 rings (SSSR count). The van der Waals surface area contributed by atoms with Crippen LogP contribution in [0.4, 0.5) is 0 Å². The lowest BCUT2D eigenvalue weighted by Crippen LogP contribution is -2.64. The van der Waals surface area contributed by atoms with Crippen molar-refractivity contribution in [2.24, 2.45) is 21.7 Å². The number of amides is 3.